The summed E-state index contributed by atoms with van der Waals surface area (Å²) < 4.78 is 5.44. The van der Waals surface area contributed by atoms with Gasteiger partial charge in [0.05, 0.1) is 19.8 Å². The van der Waals surface area contributed by atoms with Gasteiger partial charge in [-0.2, -0.15) is 0 Å². The summed E-state index contributed by atoms with van der Waals surface area (Å²) in [5.41, 5.74) is 1.94. The van der Waals surface area contributed by atoms with Gasteiger partial charge in [0.15, 0.2) is 5.96 Å². The fourth-order valence-corrected chi connectivity index (χ4v) is 4.08. The third-order valence-corrected chi connectivity index (χ3v) is 5.92. The number of anilines is 1. The maximum atomic E-state index is 12.4. The van der Waals surface area contributed by atoms with Gasteiger partial charge in [-0.25, -0.2) is 4.99 Å². The van der Waals surface area contributed by atoms with E-state index in [-0.39, 0.29) is 11.8 Å². The summed E-state index contributed by atoms with van der Waals surface area (Å²) in [4.78, 5) is 19.6. The predicted octanol–water partition coefficient (Wildman–Crippen LogP) is 2.59. The SMILES string of the molecule is CCNC(=NCc1cccc(NC(=O)C2CCCC2)c1)NCC(C)N1CCOCC1. The number of morpholine rings is 1. The number of hydrogen-bond donors (Lipinski definition) is 3. The lowest BCUT2D eigenvalue weighted by Crippen LogP contribution is -2.49. The zero-order chi connectivity index (χ0) is 21.2. The number of ether oxygens (including phenoxy) is 1. The van der Waals surface area contributed by atoms with E-state index < -0.39 is 0 Å². The van der Waals surface area contributed by atoms with Gasteiger partial charge in [-0.1, -0.05) is 25.0 Å². The van der Waals surface area contributed by atoms with Crippen molar-refractivity contribution in [2.24, 2.45) is 10.9 Å². The van der Waals surface area contributed by atoms with Crippen molar-refractivity contribution in [3.05, 3.63) is 29.8 Å². The van der Waals surface area contributed by atoms with Crippen LogP contribution in [0.15, 0.2) is 29.3 Å². The van der Waals surface area contributed by atoms with Gasteiger partial charge in [-0.3, -0.25) is 9.69 Å². The summed E-state index contributed by atoms with van der Waals surface area (Å²) in [7, 11) is 0. The number of amides is 1. The van der Waals surface area contributed by atoms with Crippen LogP contribution in [0.2, 0.25) is 0 Å². The Morgan fingerprint density at radius 2 is 2.00 bits per heavy atom. The number of carbonyl (C=O) groups is 1. The van der Waals surface area contributed by atoms with Crippen molar-refractivity contribution in [1.29, 1.82) is 0 Å². The molecule has 166 valence electrons. The molecule has 2 aliphatic rings. The Kier molecular flexibility index (Phi) is 8.96. The fourth-order valence-electron chi connectivity index (χ4n) is 4.08. The average molecular weight is 416 g/mol. The first-order chi connectivity index (χ1) is 14.7. The molecule has 1 heterocycles. The molecule has 0 aromatic heterocycles. The van der Waals surface area contributed by atoms with Crippen LogP contribution in [0.25, 0.3) is 0 Å². The molecule has 0 radical (unpaired) electrons. The van der Waals surface area contributed by atoms with E-state index in [0.29, 0.717) is 12.6 Å². The van der Waals surface area contributed by atoms with Gasteiger partial charge >= 0.3 is 0 Å². The molecule has 1 aromatic rings. The van der Waals surface area contributed by atoms with Crippen molar-refractivity contribution in [2.75, 3.05) is 44.7 Å². The number of hydrogen-bond acceptors (Lipinski definition) is 4. The smallest absolute Gasteiger partial charge is 0.227 e. The van der Waals surface area contributed by atoms with Gasteiger partial charge in [-0.05, 0) is 44.4 Å². The van der Waals surface area contributed by atoms with E-state index in [4.69, 9.17) is 9.73 Å². The Bertz CT molecular complexity index is 697. The molecule has 1 unspecified atom stereocenters. The summed E-state index contributed by atoms with van der Waals surface area (Å²) in [5.74, 6) is 1.14. The third-order valence-electron chi connectivity index (χ3n) is 5.92. The van der Waals surface area contributed by atoms with Crippen LogP contribution in [-0.2, 0) is 16.1 Å². The van der Waals surface area contributed by atoms with Crippen LogP contribution in [0.5, 0.6) is 0 Å². The van der Waals surface area contributed by atoms with Gasteiger partial charge < -0.3 is 20.7 Å². The average Bonchev–Trinajstić information content (AvgIpc) is 3.31. The summed E-state index contributed by atoms with van der Waals surface area (Å²) >= 11 is 0. The topological polar surface area (TPSA) is 78.0 Å². The normalized spacial score (nSPS) is 19.5. The zero-order valence-electron chi connectivity index (χ0n) is 18.5. The van der Waals surface area contributed by atoms with Crippen LogP contribution in [0.3, 0.4) is 0 Å². The van der Waals surface area contributed by atoms with Crippen molar-refractivity contribution in [1.82, 2.24) is 15.5 Å². The van der Waals surface area contributed by atoms with E-state index >= 15 is 0 Å². The van der Waals surface area contributed by atoms with Gasteiger partial charge in [-0.15, -0.1) is 0 Å². The largest absolute Gasteiger partial charge is 0.379 e. The highest BCUT2D eigenvalue weighted by atomic mass is 16.5. The first kappa shape index (κ1) is 22.6. The van der Waals surface area contributed by atoms with Crippen LogP contribution in [0, 0.1) is 5.92 Å². The lowest BCUT2D eigenvalue weighted by Gasteiger charge is -2.32. The van der Waals surface area contributed by atoms with Crippen LogP contribution < -0.4 is 16.0 Å². The summed E-state index contributed by atoms with van der Waals surface area (Å²) in [6.07, 6.45) is 4.35. The molecule has 30 heavy (non-hydrogen) atoms. The minimum atomic E-state index is 0.153. The van der Waals surface area contributed by atoms with Crippen molar-refractivity contribution >= 4 is 17.6 Å². The minimum absolute atomic E-state index is 0.153. The second kappa shape index (κ2) is 11.9. The lowest BCUT2D eigenvalue weighted by atomic mass is 10.1. The van der Waals surface area contributed by atoms with E-state index in [1.165, 1.54) is 0 Å². The molecule has 1 amide bonds. The third kappa shape index (κ3) is 6.99. The molecule has 1 atom stereocenters. The standard InChI is InChI=1S/C23H37N5O2/c1-3-24-23(25-16-18(2)28-11-13-30-14-12-28)26-17-19-7-6-10-21(15-19)27-22(29)20-8-4-5-9-20/h6-7,10,15,18,20H,3-5,8-9,11-14,16-17H2,1-2H3,(H,27,29)(H2,24,25,26). The summed E-state index contributed by atoms with van der Waals surface area (Å²) in [6, 6.07) is 8.43. The number of guanidine groups is 1. The molecule has 2 fully saturated rings. The molecule has 3 rings (SSSR count). The van der Waals surface area contributed by atoms with E-state index in [0.717, 1.165) is 82.3 Å². The van der Waals surface area contributed by atoms with Crippen LogP contribution in [0.1, 0.15) is 45.1 Å². The molecule has 1 aliphatic heterocycles. The molecular formula is C23H37N5O2. The highest BCUT2D eigenvalue weighted by Crippen LogP contribution is 2.26. The Labute approximate surface area is 180 Å². The van der Waals surface area contributed by atoms with Gasteiger partial charge in [0.1, 0.15) is 0 Å². The van der Waals surface area contributed by atoms with Crippen LogP contribution in [-0.4, -0.2) is 62.2 Å². The fraction of sp³-hybridized carbons (Fsp3) is 0.652. The number of nitrogens with one attached hydrogen (secondary N) is 3. The van der Waals surface area contributed by atoms with Gasteiger partial charge in [0, 0.05) is 43.8 Å². The monoisotopic (exact) mass is 415 g/mol. The number of aliphatic imine (C=N–C) groups is 1. The second-order valence-electron chi connectivity index (χ2n) is 8.24. The molecule has 1 saturated carbocycles. The Morgan fingerprint density at radius 3 is 2.73 bits per heavy atom. The van der Waals surface area contributed by atoms with Crippen molar-refractivity contribution < 1.29 is 9.53 Å². The molecule has 1 aliphatic carbocycles. The Morgan fingerprint density at radius 1 is 1.23 bits per heavy atom. The molecule has 7 heteroatoms. The highest BCUT2D eigenvalue weighted by Gasteiger charge is 2.22. The molecule has 7 nitrogen and oxygen atoms in total. The van der Waals surface area contributed by atoms with Crippen molar-refractivity contribution in [3.8, 4) is 0 Å². The summed E-state index contributed by atoms with van der Waals surface area (Å²) in [6.45, 7) is 10.1. The summed E-state index contributed by atoms with van der Waals surface area (Å²) in [5, 5.41) is 9.86. The van der Waals surface area contributed by atoms with E-state index in [1.807, 2.05) is 18.2 Å². The second-order valence-corrected chi connectivity index (χ2v) is 8.24. The van der Waals surface area contributed by atoms with E-state index in [9.17, 15) is 4.79 Å². The molecule has 1 saturated heterocycles. The number of nitrogens with zero attached hydrogens (tertiary/aromatic N) is 2. The van der Waals surface area contributed by atoms with Gasteiger partial charge in [0.2, 0.25) is 5.91 Å². The number of benzene rings is 1. The molecule has 1 aromatic carbocycles. The molecule has 0 spiro atoms. The Balaban J connectivity index is 1.52. The molecular weight excluding hydrogens is 378 g/mol. The van der Waals surface area contributed by atoms with Crippen LogP contribution in [0.4, 0.5) is 5.69 Å². The van der Waals surface area contributed by atoms with Crippen molar-refractivity contribution in [2.45, 2.75) is 52.1 Å². The number of rotatable bonds is 8. The minimum Gasteiger partial charge on any atom is -0.379 e. The van der Waals surface area contributed by atoms with Gasteiger partial charge in [0.25, 0.3) is 0 Å². The van der Waals surface area contributed by atoms with E-state index in [2.05, 4.69) is 40.8 Å². The molecule has 3 N–H and O–H groups in total. The number of carbonyl (C=O) groups excluding carboxylic acids is 1. The quantitative estimate of drug-likeness (QED) is 0.449. The maximum absolute atomic E-state index is 12.4. The maximum Gasteiger partial charge on any atom is 0.227 e. The predicted molar refractivity (Wildman–Crippen MR) is 122 cm³/mol. The lowest BCUT2D eigenvalue weighted by molar-refractivity contribution is -0.119. The van der Waals surface area contributed by atoms with E-state index in [1.54, 1.807) is 0 Å². The zero-order valence-corrected chi connectivity index (χ0v) is 18.5. The highest BCUT2D eigenvalue weighted by molar-refractivity contribution is 5.92. The first-order valence-corrected chi connectivity index (χ1v) is 11.4. The molecule has 0 bridgehead atoms. The Hall–Kier alpha value is -2.12. The van der Waals surface area contributed by atoms with Crippen LogP contribution >= 0.6 is 0 Å². The first-order valence-electron chi connectivity index (χ1n) is 11.4. The van der Waals surface area contributed by atoms with Crippen molar-refractivity contribution in [3.63, 3.8) is 0 Å².